The van der Waals surface area contributed by atoms with E-state index in [1.54, 1.807) is 0 Å². The first kappa shape index (κ1) is 11.8. The molecule has 0 bridgehead atoms. The largest absolute Gasteiger partial charge is 0.399 e. The Morgan fingerprint density at radius 2 is 1.89 bits per heavy atom. The number of hydrogen-bond donors (Lipinski definition) is 2. The summed E-state index contributed by atoms with van der Waals surface area (Å²) in [6.07, 6.45) is 0.939. The fourth-order valence-corrected chi connectivity index (χ4v) is 2.83. The van der Waals surface area contributed by atoms with Gasteiger partial charge in [-0.05, 0) is 36.1 Å². The molecule has 0 aromatic heterocycles. The molecule has 0 saturated heterocycles. The van der Waals surface area contributed by atoms with Gasteiger partial charge in [0.25, 0.3) is 0 Å². The number of nitrogens with one attached hydrogen (secondary N) is 1. The van der Waals surface area contributed by atoms with Gasteiger partial charge in [0.05, 0.1) is 11.1 Å². The Morgan fingerprint density at radius 1 is 1.11 bits per heavy atom. The quantitative estimate of drug-likeness (QED) is 0.507. The van der Waals surface area contributed by atoms with Crippen molar-refractivity contribution >= 4 is 16.5 Å². The zero-order valence-electron chi connectivity index (χ0n) is 11.2. The highest BCUT2D eigenvalue weighted by Crippen LogP contribution is 2.33. The highest BCUT2D eigenvalue weighted by molar-refractivity contribution is 5.99. The van der Waals surface area contributed by atoms with Gasteiger partial charge in [-0.2, -0.15) is 0 Å². The minimum Gasteiger partial charge on any atom is -0.399 e. The number of nitrogen functional groups attached to an aromatic ring is 1. The van der Waals surface area contributed by atoms with Crippen molar-refractivity contribution in [2.45, 2.75) is 13.3 Å². The Labute approximate surface area is 112 Å². The monoisotopic (exact) mass is 251 g/mol. The summed E-state index contributed by atoms with van der Waals surface area (Å²) in [6.45, 7) is 2.15. The van der Waals surface area contributed by atoms with E-state index < -0.39 is 0 Å². The van der Waals surface area contributed by atoms with Crippen LogP contribution in [-0.4, -0.2) is 4.57 Å². The average Bonchev–Trinajstić information content (AvgIpc) is 2.39. The number of nitrogens with zero attached hydrogens (tertiary/aromatic N) is 1. The van der Waals surface area contributed by atoms with Crippen molar-refractivity contribution < 1.29 is 0 Å². The van der Waals surface area contributed by atoms with Gasteiger partial charge in [-0.3, -0.25) is 0 Å². The molecule has 1 heterocycles. The zero-order chi connectivity index (χ0) is 13.6. The number of anilines is 1. The van der Waals surface area contributed by atoms with Crippen molar-refractivity contribution in [1.29, 1.82) is 5.41 Å². The van der Waals surface area contributed by atoms with E-state index >= 15 is 0 Å². The van der Waals surface area contributed by atoms with Crippen molar-refractivity contribution in [2.75, 3.05) is 5.73 Å². The highest BCUT2D eigenvalue weighted by Gasteiger charge is 2.14. The maximum Gasteiger partial charge on any atom is 0.0561 e. The number of aromatic nitrogens is 1. The SMILES string of the molecule is CCc1c2cc(N)ccc2c2ccc(=N)cc-2n1C. The maximum absolute atomic E-state index is 7.81. The smallest absolute Gasteiger partial charge is 0.0561 e. The lowest BCUT2D eigenvalue weighted by Gasteiger charge is -2.20. The van der Waals surface area contributed by atoms with Crippen LogP contribution in [-0.2, 0) is 13.5 Å². The van der Waals surface area contributed by atoms with Crippen molar-refractivity contribution in [3.8, 4) is 11.3 Å². The van der Waals surface area contributed by atoms with E-state index in [0.29, 0.717) is 5.36 Å². The van der Waals surface area contributed by atoms with Crippen LogP contribution in [0.1, 0.15) is 12.6 Å². The topological polar surface area (TPSA) is 54.8 Å². The molecule has 1 aromatic rings. The van der Waals surface area contributed by atoms with Gasteiger partial charge in [0.15, 0.2) is 0 Å². The van der Waals surface area contributed by atoms with E-state index in [1.807, 2.05) is 30.3 Å². The van der Waals surface area contributed by atoms with Gasteiger partial charge < -0.3 is 15.7 Å². The standard InChI is InChI=1S/C16H17N3/c1-3-15-14-8-10(17)4-6-12(14)13-7-5-11(18)9-16(13)19(15)2/h4-9,18H,3,17H2,1-2H3. The predicted octanol–water partition coefficient (Wildman–Crippen LogP) is 2.91. The van der Waals surface area contributed by atoms with Crippen LogP contribution in [0.4, 0.5) is 5.69 Å². The van der Waals surface area contributed by atoms with Crippen LogP contribution in [0.25, 0.3) is 22.0 Å². The number of benzene rings is 2. The lowest BCUT2D eigenvalue weighted by molar-refractivity contribution is 0.834. The lowest BCUT2D eigenvalue weighted by atomic mass is 9.97. The molecule has 96 valence electrons. The molecule has 1 aromatic carbocycles. The molecule has 0 spiro atoms. The summed E-state index contributed by atoms with van der Waals surface area (Å²) < 4.78 is 2.18. The first-order chi connectivity index (χ1) is 9.11. The molecule has 0 saturated carbocycles. The van der Waals surface area contributed by atoms with Gasteiger partial charge in [-0.15, -0.1) is 0 Å². The van der Waals surface area contributed by atoms with Crippen LogP contribution in [0.2, 0.25) is 0 Å². The Balaban J connectivity index is 2.60. The molecular weight excluding hydrogens is 234 g/mol. The Morgan fingerprint density at radius 3 is 2.63 bits per heavy atom. The van der Waals surface area contributed by atoms with Gasteiger partial charge in [-0.1, -0.05) is 19.1 Å². The normalized spacial score (nSPS) is 11.3. The third-order valence-corrected chi connectivity index (χ3v) is 3.74. The summed E-state index contributed by atoms with van der Waals surface area (Å²) in [5.41, 5.74) is 10.2. The molecule has 0 fully saturated rings. The van der Waals surface area contributed by atoms with Gasteiger partial charge in [0.2, 0.25) is 0 Å². The number of nitrogens with two attached hydrogens (primary N) is 1. The number of fused-ring (bicyclic) bond motifs is 3. The molecule has 1 aliphatic carbocycles. The molecule has 0 radical (unpaired) electrons. The Kier molecular flexibility index (Phi) is 2.56. The van der Waals surface area contributed by atoms with Crippen LogP contribution in [0.15, 0.2) is 36.4 Å². The Bertz CT molecular complexity index is 799. The van der Waals surface area contributed by atoms with Gasteiger partial charge in [0, 0.05) is 29.4 Å². The molecule has 2 aliphatic rings. The van der Waals surface area contributed by atoms with E-state index in [2.05, 4.69) is 24.6 Å². The zero-order valence-corrected chi connectivity index (χ0v) is 11.2. The van der Waals surface area contributed by atoms with Crippen molar-refractivity contribution in [2.24, 2.45) is 7.05 Å². The molecule has 0 amide bonds. The first-order valence-electron chi connectivity index (χ1n) is 6.47. The van der Waals surface area contributed by atoms with Gasteiger partial charge in [-0.25, -0.2) is 0 Å². The molecule has 3 rings (SSSR count). The summed E-state index contributed by atoms with van der Waals surface area (Å²) in [5.74, 6) is 0. The molecule has 1 aliphatic heterocycles. The predicted molar refractivity (Wildman–Crippen MR) is 79.2 cm³/mol. The van der Waals surface area contributed by atoms with Crippen LogP contribution >= 0.6 is 0 Å². The number of hydrogen-bond acceptors (Lipinski definition) is 2. The molecule has 3 heteroatoms. The fraction of sp³-hybridized carbons (Fsp3) is 0.188. The lowest BCUT2D eigenvalue weighted by Crippen LogP contribution is -2.10. The minimum absolute atomic E-state index is 0.542. The van der Waals surface area contributed by atoms with Gasteiger partial charge >= 0.3 is 0 Å². The molecule has 0 atom stereocenters. The van der Waals surface area contributed by atoms with Crippen LogP contribution in [0, 0.1) is 5.41 Å². The molecule has 3 nitrogen and oxygen atoms in total. The second-order valence-corrected chi connectivity index (χ2v) is 4.90. The van der Waals surface area contributed by atoms with Crippen molar-refractivity contribution in [3.05, 3.63) is 47.4 Å². The second-order valence-electron chi connectivity index (χ2n) is 4.90. The van der Waals surface area contributed by atoms with Crippen molar-refractivity contribution in [3.63, 3.8) is 0 Å². The van der Waals surface area contributed by atoms with Crippen LogP contribution in [0.5, 0.6) is 0 Å². The van der Waals surface area contributed by atoms with E-state index in [1.165, 1.54) is 22.0 Å². The fourth-order valence-electron chi connectivity index (χ4n) is 2.83. The molecule has 19 heavy (non-hydrogen) atoms. The summed E-state index contributed by atoms with van der Waals surface area (Å²) in [7, 11) is 2.06. The summed E-state index contributed by atoms with van der Waals surface area (Å²) in [5, 5.41) is 10.8. The van der Waals surface area contributed by atoms with E-state index in [9.17, 15) is 0 Å². The molecule has 0 unspecified atom stereocenters. The van der Waals surface area contributed by atoms with Crippen molar-refractivity contribution in [1.82, 2.24) is 4.57 Å². The summed E-state index contributed by atoms with van der Waals surface area (Å²) in [6, 6.07) is 11.8. The number of rotatable bonds is 1. The van der Waals surface area contributed by atoms with Gasteiger partial charge in [0.1, 0.15) is 0 Å². The van der Waals surface area contributed by atoms with E-state index in [4.69, 9.17) is 11.1 Å². The first-order valence-corrected chi connectivity index (χ1v) is 6.47. The molecule has 3 N–H and O–H groups in total. The third-order valence-electron chi connectivity index (χ3n) is 3.74. The minimum atomic E-state index is 0.542. The second kappa shape index (κ2) is 4.12. The third kappa shape index (κ3) is 1.70. The van der Waals surface area contributed by atoms with E-state index in [-0.39, 0.29) is 0 Å². The highest BCUT2D eigenvalue weighted by atomic mass is 14.9. The summed E-state index contributed by atoms with van der Waals surface area (Å²) >= 11 is 0. The average molecular weight is 251 g/mol. The van der Waals surface area contributed by atoms with Crippen LogP contribution in [0.3, 0.4) is 0 Å². The number of pyridine rings is 1. The van der Waals surface area contributed by atoms with Crippen LogP contribution < -0.4 is 11.1 Å². The summed E-state index contributed by atoms with van der Waals surface area (Å²) in [4.78, 5) is 0. The Hall–Kier alpha value is -2.29. The maximum atomic E-state index is 7.81. The number of aryl methyl sites for hydroxylation is 1. The molecular formula is C16H17N3. The van der Waals surface area contributed by atoms with E-state index in [0.717, 1.165) is 17.8 Å².